The van der Waals surface area contributed by atoms with Crippen LogP contribution in [0.1, 0.15) is 37.5 Å². The SMILES string of the molecule is C/C(C(=N)C(=O)CC(=O)N1CCCCC1)=C(/Nc1ccc(Cl)cc1Cl)c1ccc(Cl)s1. The highest BCUT2D eigenvalue weighted by atomic mass is 35.5. The summed E-state index contributed by atoms with van der Waals surface area (Å²) in [6.07, 6.45) is 2.69. The smallest absolute Gasteiger partial charge is 0.230 e. The van der Waals surface area contributed by atoms with Gasteiger partial charge in [0, 0.05) is 23.7 Å². The Morgan fingerprint density at radius 3 is 2.42 bits per heavy atom. The molecule has 1 aromatic carbocycles. The first kappa shape index (κ1) is 23.8. The van der Waals surface area contributed by atoms with Crippen molar-refractivity contribution in [3.05, 3.63) is 55.2 Å². The minimum atomic E-state index is -0.516. The molecule has 1 saturated heterocycles. The summed E-state index contributed by atoms with van der Waals surface area (Å²) in [5.74, 6) is -0.742. The summed E-state index contributed by atoms with van der Waals surface area (Å²) in [6.45, 7) is 3.01. The van der Waals surface area contributed by atoms with Gasteiger partial charge < -0.3 is 10.2 Å². The van der Waals surface area contributed by atoms with Gasteiger partial charge in [0.1, 0.15) is 5.71 Å². The highest BCUT2D eigenvalue weighted by Gasteiger charge is 2.24. The van der Waals surface area contributed by atoms with E-state index in [0.29, 0.717) is 44.4 Å². The second-order valence-corrected chi connectivity index (χ2v) is 9.83. The summed E-state index contributed by atoms with van der Waals surface area (Å²) >= 11 is 19.7. The summed E-state index contributed by atoms with van der Waals surface area (Å²) in [5, 5.41) is 12.6. The number of hydrogen-bond donors (Lipinski definition) is 2. The van der Waals surface area contributed by atoms with Crippen molar-refractivity contribution in [3.63, 3.8) is 0 Å². The van der Waals surface area contributed by atoms with E-state index in [1.54, 1.807) is 42.2 Å². The van der Waals surface area contributed by atoms with Gasteiger partial charge in [0.2, 0.25) is 5.91 Å². The van der Waals surface area contributed by atoms with Gasteiger partial charge in [0.05, 0.1) is 32.0 Å². The maximum Gasteiger partial charge on any atom is 0.230 e. The summed E-state index contributed by atoms with van der Waals surface area (Å²) in [4.78, 5) is 27.7. The monoisotopic (exact) mass is 497 g/mol. The summed E-state index contributed by atoms with van der Waals surface area (Å²) in [6, 6.07) is 8.56. The number of halogens is 3. The minimum absolute atomic E-state index is 0.220. The third-order valence-electron chi connectivity index (χ3n) is 5.06. The van der Waals surface area contributed by atoms with E-state index in [4.69, 9.17) is 40.2 Å². The van der Waals surface area contributed by atoms with Crippen molar-refractivity contribution in [1.82, 2.24) is 4.90 Å². The van der Waals surface area contributed by atoms with Crippen molar-refractivity contribution >= 4 is 74.9 Å². The highest BCUT2D eigenvalue weighted by Crippen LogP contribution is 2.34. The Labute approximate surface area is 200 Å². The van der Waals surface area contributed by atoms with E-state index in [1.807, 2.05) is 0 Å². The van der Waals surface area contributed by atoms with E-state index in [-0.39, 0.29) is 18.0 Å². The molecule has 0 aliphatic carbocycles. The maximum absolute atomic E-state index is 12.7. The maximum atomic E-state index is 12.7. The third kappa shape index (κ3) is 6.10. The number of rotatable bonds is 7. The summed E-state index contributed by atoms with van der Waals surface area (Å²) < 4.78 is 0.572. The quantitative estimate of drug-likeness (QED) is 0.336. The largest absolute Gasteiger partial charge is 0.353 e. The minimum Gasteiger partial charge on any atom is -0.353 e. The molecule has 2 aromatic rings. The molecule has 1 amide bonds. The van der Waals surface area contributed by atoms with E-state index < -0.39 is 5.78 Å². The normalized spacial score (nSPS) is 14.8. The molecule has 3 rings (SSSR count). The van der Waals surface area contributed by atoms with Crippen LogP contribution in [0.25, 0.3) is 5.70 Å². The number of allylic oxidation sites excluding steroid dienone is 1. The third-order valence-corrected chi connectivity index (χ3v) is 6.86. The number of hydrogen-bond acceptors (Lipinski definition) is 5. The number of likely N-dealkylation sites (tertiary alicyclic amines) is 1. The summed E-state index contributed by atoms with van der Waals surface area (Å²) in [7, 11) is 0. The van der Waals surface area contributed by atoms with E-state index >= 15 is 0 Å². The molecule has 164 valence electrons. The van der Waals surface area contributed by atoms with Crippen LogP contribution in [0.5, 0.6) is 0 Å². The number of nitrogens with one attached hydrogen (secondary N) is 2. The summed E-state index contributed by atoms with van der Waals surface area (Å²) in [5.41, 5.74) is 1.29. The van der Waals surface area contributed by atoms with E-state index in [0.717, 1.165) is 24.1 Å². The average Bonchev–Trinajstić information content (AvgIpc) is 3.18. The Balaban J connectivity index is 1.86. The number of anilines is 1. The number of amides is 1. The molecule has 0 radical (unpaired) electrons. The Morgan fingerprint density at radius 1 is 1.10 bits per heavy atom. The Bertz CT molecular complexity index is 1040. The van der Waals surface area contributed by atoms with Crippen molar-refractivity contribution in [3.8, 4) is 0 Å². The lowest BCUT2D eigenvalue weighted by Gasteiger charge is -2.26. The molecule has 2 heterocycles. The van der Waals surface area contributed by atoms with Gasteiger partial charge in [0.25, 0.3) is 0 Å². The molecular formula is C22H22Cl3N3O2S. The first-order chi connectivity index (χ1) is 14.8. The van der Waals surface area contributed by atoms with Crippen LogP contribution in [-0.4, -0.2) is 35.4 Å². The van der Waals surface area contributed by atoms with E-state index in [9.17, 15) is 9.59 Å². The lowest BCUT2D eigenvalue weighted by molar-refractivity contribution is -0.134. The van der Waals surface area contributed by atoms with Gasteiger partial charge in [-0.2, -0.15) is 0 Å². The second kappa shape index (κ2) is 10.6. The lowest BCUT2D eigenvalue weighted by atomic mass is 10.0. The fraction of sp³-hybridized carbons (Fsp3) is 0.318. The zero-order valence-electron chi connectivity index (χ0n) is 16.9. The zero-order valence-corrected chi connectivity index (χ0v) is 20.0. The van der Waals surface area contributed by atoms with Gasteiger partial charge in [-0.3, -0.25) is 15.0 Å². The molecule has 1 aliphatic rings. The van der Waals surface area contributed by atoms with Gasteiger partial charge in [-0.15, -0.1) is 11.3 Å². The molecule has 5 nitrogen and oxygen atoms in total. The van der Waals surface area contributed by atoms with Crippen LogP contribution in [0, 0.1) is 5.41 Å². The van der Waals surface area contributed by atoms with Crippen molar-refractivity contribution in [1.29, 1.82) is 5.41 Å². The van der Waals surface area contributed by atoms with Crippen molar-refractivity contribution < 1.29 is 9.59 Å². The van der Waals surface area contributed by atoms with Crippen LogP contribution >= 0.6 is 46.1 Å². The average molecular weight is 499 g/mol. The van der Waals surface area contributed by atoms with Gasteiger partial charge in [-0.05, 0) is 56.5 Å². The Morgan fingerprint density at radius 2 is 1.81 bits per heavy atom. The fourth-order valence-electron chi connectivity index (χ4n) is 3.33. The number of nitrogens with zero attached hydrogens (tertiary/aromatic N) is 1. The number of carbonyl (C=O) groups excluding carboxylic acids is 2. The number of ketones is 1. The van der Waals surface area contributed by atoms with Gasteiger partial charge in [-0.1, -0.05) is 34.8 Å². The van der Waals surface area contributed by atoms with Crippen molar-refractivity contribution in [2.75, 3.05) is 18.4 Å². The van der Waals surface area contributed by atoms with Gasteiger partial charge >= 0.3 is 0 Å². The first-order valence-electron chi connectivity index (χ1n) is 9.85. The van der Waals surface area contributed by atoms with E-state index in [1.165, 1.54) is 11.3 Å². The van der Waals surface area contributed by atoms with Crippen LogP contribution in [0.2, 0.25) is 14.4 Å². The molecule has 0 bridgehead atoms. The van der Waals surface area contributed by atoms with Crippen LogP contribution in [-0.2, 0) is 9.59 Å². The van der Waals surface area contributed by atoms with Gasteiger partial charge in [-0.25, -0.2) is 0 Å². The fourth-order valence-corrected chi connectivity index (χ4v) is 4.89. The number of piperidine rings is 1. The standard InChI is InChI=1S/C22H22Cl3N3O2S/c1-13(21(26)17(29)12-20(30)28-9-3-2-4-10-28)22(18-7-8-19(25)31-18)27-16-6-5-14(23)11-15(16)24/h5-8,11,26-27H,2-4,9-10,12H2,1H3/b22-13-,26-21?. The number of carbonyl (C=O) groups is 2. The first-order valence-corrected chi connectivity index (χ1v) is 11.8. The Kier molecular flexibility index (Phi) is 8.17. The predicted octanol–water partition coefficient (Wildman–Crippen LogP) is 6.54. The molecule has 0 unspecified atom stereocenters. The van der Waals surface area contributed by atoms with Gasteiger partial charge in [0.15, 0.2) is 5.78 Å². The molecule has 0 atom stereocenters. The molecule has 0 saturated carbocycles. The second-order valence-electron chi connectivity index (χ2n) is 7.27. The number of Topliss-reactive ketones (excluding diaryl/α,β-unsaturated/α-hetero) is 1. The highest BCUT2D eigenvalue weighted by molar-refractivity contribution is 7.17. The Hall–Kier alpha value is -1.86. The molecule has 1 aromatic heterocycles. The van der Waals surface area contributed by atoms with Crippen LogP contribution in [0.3, 0.4) is 0 Å². The molecule has 31 heavy (non-hydrogen) atoms. The molecule has 2 N–H and O–H groups in total. The number of thiophene rings is 1. The van der Waals surface area contributed by atoms with Crippen LogP contribution < -0.4 is 5.32 Å². The molecule has 0 spiro atoms. The van der Waals surface area contributed by atoms with Crippen molar-refractivity contribution in [2.24, 2.45) is 0 Å². The predicted molar refractivity (Wildman–Crippen MR) is 130 cm³/mol. The molecule has 1 aliphatic heterocycles. The number of benzene rings is 1. The van der Waals surface area contributed by atoms with Crippen LogP contribution in [0.15, 0.2) is 35.9 Å². The zero-order chi connectivity index (χ0) is 22.5. The topological polar surface area (TPSA) is 73.3 Å². The van der Waals surface area contributed by atoms with E-state index in [2.05, 4.69) is 5.32 Å². The van der Waals surface area contributed by atoms with Crippen LogP contribution in [0.4, 0.5) is 5.69 Å². The molecule has 1 fully saturated rings. The molecule has 9 heteroatoms. The lowest BCUT2D eigenvalue weighted by Crippen LogP contribution is -2.37. The molecular weight excluding hydrogens is 477 g/mol. The van der Waals surface area contributed by atoms with Crippen molar-refractivity contribution in [2.45, 2.75) is 32.6 Å².